The van der Waals surface area contributed by atoms with Crippen molar-refractivity contribution >= 4 is 11.6 Å². The fraction of sp³-hybridized carbons (Fsp3) is 0.0870. The molecule has 6 nitrogen and oxygen atoms in total. The van der Waals surface area contributed by atoms with Gasteiger partial charge >= 0.3 is 0 Å². The van der Waals surface area contributed by atoms with Gasteiger partial charge in [0, 0.05) is 35.4 Å². The Labute approximate surface area is 168 Å². The number of nitrogens with one attached hydrogen (secondary N) is 2. The molecule has 1 amide bonds. The number of fused-ring (bicyclic) bond motifs is 1. The van der Waals surface area contributed by atoms with Gasteiger partial charge in [0.1, 0.15) is 11.9 Å². The summed E-state index contributed by atoms with van der Waals surface area (Å²) in [6.45, 7) is 0.644. The SMILES string of the molecule is O=C1NC(c2cn(Cc3ccccc3)nc2-c2cccnc2)Nc2ccccc21. The minimum absolute atomic E-state index is 0.0997. The summed E-state index contributed by atoms with van der Waals surface area (Å²) >= 11 is 0. The Balaban J connectivity index is 1.55. The molecule has 0 saturated heterocycles. The second-order valence-corrected chi connectivity index (χ2v) is 6.95. The molecule has 0 radical (unpaired) electrons. The van der Waals surface area contributed by atoms with Crippen LogP contribution in [0.25, 0.3) is 11.3 Å². The number of amides is 1. The summed E-state index contributed by atoms with van der Waals surface area (Å²) in [4.78, 5) is 16.9. The number of carbonyl (C=O) groups is 1. The number of aromatic nitrogens is 3. The molecule has 0 saturated carbocycles. The lowest BCUT2D eigenvalue weighted by atomic mass is 10.0. The molecule has 0 fully saturated rings. The molecular formula is C23H19N5O. The predicted molar refractivity (Wildman–Crippen MR) is 111 cm³/mol. The molecule has 2 aromatic heterocycles. The van der Waals surface area contributed by atoms with E-state index >= 15 is 0 Å². The van der Waals surface area contributed by atoms with Crippen molar-refractivity contribution in [1.82, 2.24) is 20.1 Å². The van der Waals surface area contributed by atoms with E-state index < -0.39 is 0 Å². The van der Waals surface area contributed by atoms with Crippen molar-refractivity contribution in [1.29, 1.82) is 0 Å². The van der Waals surface area contributed by atoms with E-state index in [1.165, 1.54) is 0 Å². The van der Waals surface area contributed by atoms with Gasteiger partial charge in [0.15, 0.2) is 0 Å². The first-order valence-electron chi connectivity index (χ1n) is 9.46. The zero-order valence-electron chi connectivity index (χ0n) is 15.6. The molecule has 1 aliphatic heterocycles. The Hall–Kier alpha value is -3.93. The molecule has 0 aliphatic carbocycles. The monoisotopic (exact) mass is 381 g/mol. The van der Waals surface area contributed by atoms with Gasteiger partial charge < -0.3 is 10.6 Å². The summed E-state index contributed by atoms with van der Waals surface area (Å²) < 4.78 is 1.90. The first-order valence-corrected chi connectivity index (χ1v) is 9.46. The van der Waals surface area contributed by atoms with Gasteiger partial charge in [0.2, 0.25) is 0 Å². The van der Waals surface area contributed by atoms with Crippen molar-refractivity contribution < 1.29 is 4.79 Å². The number of benzene rings is 2. The lowest BCUT2D eigenvalue weighted by molar-refractivity contribution is 0.0936. The lowest BCUT2D eigenvalue weighted by Crippen LogP contribution is -2.38. The second kappa shape index (κ2) is 7.24. The third-order valence-electron chi connectivity index (χ3n) is 4.97. The highest BCUT2D eigenvalue weighted by molar-refractivity contribution is 6.01. The molecule has 0 spiro atoms. The topological polar surface area (TPSA) is 71.8 Å². The molecule has 2 aromatic carbocycles. The number of nitrogens with zero attached hydrogens (tertiary/aromatic N) is 3. The van der Waals surface area contributed by atoms with Crippen LogP contribution in [0.4, 0.5) is 5.69 Å². The van der Waals surface area contributed by atoms with Crippen LogP contribution < -0.4 is 10.6 Å². The third-order valence-corrected chi connectivity index (χ3v) is 4.97. The molecule has 3 heterocycles. The summed E-state index contributed by atoms with van der Waals surface area (Å²) in [6, 6.07) is 21.5. The molecule has 1 unspecified atom stereocenters. The maximum atomic E-state index is 12.6. The molecule has 4 aromatic rings. The summed E-state index contributed by atoms with van der Waals surface area (Å²) in [5.41, 5.74) is 5.22. The van der Waals surface area contributed by atoms with E-state index in [1.807, 2.05) is 65.5 Å². The molecular weight excluding hydrogens is 362 g/mol. The van der Waals surface area contributed by atoms with Gasteiger partial charge in [-0.25, -0.2) is 0 Å². The summed E-state index contributed by atoms with van der Waals surface area (Å²) in [5, 5.41) is 11.3. The van der Waals surface area contributed by atoms with Crippen molar-refractivity contribution in [2.75, 3.05) is 5.32 Å². The first kappa shape index (κ1) is 17.2. The van der Waals surface area contributed by atoms with Gasteiger partial charge in [-0.2, -0.15) is 5.10 Å². The van der Waals surface area contributed by atoms with Crippen LogP contribution in [-0.2, 0) is 6.54 Å². The van der Waals surface area contributed by atoms with Crippen LogP contribution in [-0.4, -0.2) is 20.7 Å². The quantitative estimate of drug-likeness (QED) is 0.563. The highest BCUT2D eigenvalue weighted by atomic mass is 16.2. The lowest BCUT2D eigenvalue weighted by Gasteiger charge is -2.27. The molecule has 142 valence electrons. The van der Waals surface area contributed by atoms with E-state index in [0.29, 0.717) is 12.1 Å². The summed E-state index contributed by atoms with van der Waals surface area (Å²) in [5.74, 6) is -0.0997. The van der Waals surface area contributed by atoms with E-state index in [9.17, 15) is 4.79 Å². The number of rotatable bonds is 4. The van der Waals surface area contributed by atoms with Crippen molar-refractivity contribution in [2.24, 2.45) is 0 Å². The van der Waals surface area contributed by atoms with E-state index in [4.69, 9.17) is 5.10 Å². The van der Waals surface area contributed by atoms with E-state index in [1.54, 1.807) is 12.4 Å². The third kappa shape index (κ3) is 3.36. The number of hydrogen-bond donors (Lipinski definition) is 2. The second-order valence-electron chi connectivity index (χ2n) is 6.95. The van der Waals surface area contributed by atoms with Gasteiger partial charge in [0.05, 0.1) is 12.1 Å². The van der Waals surface area contributed by atoms with Crippen LogP contribution in [0.2, 0.25) is 0 Å². The van der Waals surface area contributed by atoms with Crippen LogP contribution >= 0.6 is 0 Å². The minimum atomic E-state index is -0.378. The summed E-state index contributed by atoms with van der Waals surface area (Å²) in [7, 11) is 0. The normalized spacial score (nSPS) is 15.3. The Morgan fingerprint density at radius 1 is 0.931 bits per heavy atom. The first-order chi connectivity index (χ1) is 14.3. The minimum Gasteiger partial charge on any atom is -0.361 e. The van der Waals surface area contributed by atoms with Gasteiger partial charge in [-0.05, 0) is 29.8 Å². The van der Waals surface area contributed by atoms with Crippen LogP contribution in [0, 0.1) is 0 Å². The van der Waals surface area contributed by atoms with Gasteiger partial charge in [-0.1, -0.05) is 42.5 Å². The average molecular weight is 381 g/mol. The number of pyridine rings is 1. The maximum absolute atomic E-state index is 12.6. The standard InChI is InChI=1S/C23H19N5O/c29-23-18-10-4-5-11-20(18)25-22(26-23)19-15-28(14-16-7-2-1-3-8-16)27-21(19)17-9-6-12-24-13-17/h1-13,15,22,25H,14H2,(H,26,29). The Morgan fingerprint density at radius 3 is 2.59 bits per heavy atom. The number of anilines is 1. The van der Waals surface area contributed by atoms with Crippen molar-refractivity contribution in [2.45, 2.75) is 12.7 Å². The number of para-hydroxylation sites is 1. The largest absolute Gasteiger partial charge is 0.361 e. The van der Waals surface area contributed by atoms with E-state index in [-0.39, 0.29) is 12.1 Å². The van der Waals surface area contributed by atoms with Crippen LogP contribution in [0.1, 0.15) is 27.7 Å². The molecule has 1 aliphatic rings. The van der Waals surface area contributed by atoms with Crippen LogP contribution in [0.3, 0.4) is 0 Å². The molecule has 2 N–H and O–H groups in total. The van der Waals surface area contributed by atoms with E-state index in [2.05, 4.69) is 27.8 Å². The molecule has 5 rings (SSSR count). The molecule has 1 atom stereocenters. The zero-order valence-corrected chi connectivity index (χ0v) is 15.6. The Bertz CT molecular complexity index is 1150. The van der Waals surface area contributed by atoms with Crippen molar-refractivity contribution in [3.05, 3.63) is 102 Å². The van der Waals surface area contributed by atoms with E-state index in [0.717, 1.165) is 28.1 Å². The predicted octanol–water partition coefficient (Wildman–Crippen LogP) is 3.85. The fourth-order valence-electron chi connectivity index (χ4n) is 3.59. The number of carbonyl (C=O) groups excluding carboxylic acids is 1. The smallest absolute Gasteiger partial charge is 0.255 e. The molecule has 6 heteroatoms. The Kier molecular flexibility index (Phi) is 4.29. The molecule has 0 bridgehead atoms. The highest BCUT2D eigenvalue weighted by Gasteiger charge is 2.28. The van der Waals surface area contributed by atoms with Crippen molar-refractivity contribution in [3.63, 3.8) is 0 Å². The van der Waals surface area contributed by atoms with Gasteiger partial charge in [0.25, 0.3) is 5.91 Å². The highest BCUT2D eigenvalue weighted by Crippen LogP contribution is 2.31. The zero-order chi connectivity index (χ0) is 19.6. The van der Waals surface area contributed by atoms with Crippen LogP contribution in [0.15, 0.2) is 85.3 Å². The Morgan fingerprint density at radius 2 is 1.76 bits per heavy atom. The fourth-order valence-corrected chi connectivity index (χ4v) is 3.59. The van der Waals surface area contributed by atoms with Crippen LogP contribution in [0.5, 0.6) is 0 Å². The summed E-state index contributed by atoms with van der Waals surface area (Å²) in [6.07, 6.45) is 5.14. The van der Waals surface area contributed by atoms with Crippen molar-refractivity contribution in [3.8, 4) is 11.3 Å². The van der Waals surface area contributed by atoms with Gasteiger partial charge in [-0.15, -0.1) is 0 Å². The molecule has 29 heavy (non-hydrogen) atoms. The van der Waals surface area contributed by atoms with Gasteiger partial charge in [-0.3, -0.25) is 14.5 Å². The number of hydrogen-bond acceptors (Lipinski definition) is 4. The average Bonchev–Trinajstić information content (AvgIpc) is 3.19. The maximum Gasteiger partial charge on any atom is 0.255 e.